The second kappa shape index (κ2) is 13.6. The van der Waals surface area contributed by atoms with Gasteiger partial charge < -0.3 is 18.6 Å². The molecule has 67 heavy (non-hydrogen) atoms. The summed E-state index contributed by atoms with van der Waals surface area (Å²) in [4.78, 5) is 2.50. The van der Waals surface area contributed by atoms with Crippen molar-refractivity contribution in [2.24, 2.45) is 0 Å². The van der Waals surface area contributed by atoms with Crippen molar-refractivity contribution in [1.82, 2.24) is 4.57 Å². The second-order valence-corrected chi connectivity index (χ2v) is 17.9. The molecule has 2 aromatic heterocycles. The molecule has 0 fully saturated rings. The number of rotatable bonds is 4. The predicted octanol–water partition coefficient (Wildman–Crippen LogP) is 16.9. The maximum atomic E-state index is 6.74. The van der Waals surface area contributed by atoms with Gasteiger partial charge in [0, 0.05) is 43.7 Å². The number of ether oxygens (including phenoxy) is 1. The van der Waals surface area contributed by atoms with Crippen molar-refractivity contribution in [2.75, 3.05) is 4.90 Å². The number of anilines is 3. The van der Waals surface area contributed by atoms with Crippen LogP contribution in [-0.2, 0) is 5.41 Å². The minimum atomic E-state index is -0.624. The second-order valence-electron chi connectivity index (χ2n) is 17.9. The van der Waals surface area contributed by atoms with Crippen molar-refractivity contribution in [3.8, 4) is 28.3 Å². The third kappa shape index (κ3) is 4.86. The highest BCUT2D eigenvalue weighted by atomic mass is 16.5. The first-order chi connectivity index (χ1) is 33.3. The largest absolute Gasteiger partial charge is 0.457 e. The molecule has 0 N–H and O–H groups in total. The summed E-state index contributed by atoms with van der Waals surface area (Å²) in [5, 5.41) is 9.38. The molecule has 13 aromatic rings. The summed E-state index contributed by atoms with van der Waals surface area (Å²) in [6, 6.07) is 83.9. The first-order valence-electron chi connectivity index (χ1n) is 23.0. The van der Waals surface area contributed by atoms with E-state index in [1.807, 2.05) is 6.07 Å². The molecule has 1 aliphatic heterocycles. The smallest absolute Gasteiger partial charge is 0.137 e. The number of nitrogens with zero attached hydrogens (tertiary/aromatic N) is 2. The number of aromatic nitrogens is 1. The molecule has 3 heterocycles. The minimum Gasteiger partial charge on any atom is -0.457 e. The third-order valence-corrected chi connectivity index (χ3v) is 14.6. The van der Waals surface area contributed by atoms with Crippen LogP contribution in [0.1, 0.15) is 22.3 Å². The van der Waals surface area contributed by atoms with Gasteiger partial charge in [-0.2, -0.15) is 0 Å². The molecule has 312 valence electrons. The molecule has 0 bridgehead atoms. The molecule has 0 unspecified atom stereocenters. The quantitative estimate of drug-likeness (QED) is 0.177. The van der Waals surface area contributed by atoms with E-state index in [0.29, 0.717) is 0 Å². The van der Waals surface area contributed by atoms with Gasteiger partial charge in [-0.25, -0.2) is 0 Å². The van der Waals surface area contributed by atoms with E-state index in [1.54, 1.807) is 0 Å². The van der Waals surface area contributed by atoms with Gasteiger partial charge in [0.05, 0.1) is 38.9 Å². The molecular formula is C63H38N2O2. The van der Waals surface area contributed by atoms with E-state index in [0.717, 1.165) is 78.3 Å². The van der Waals surface area contributed by atoms with Crippen molar-refractivity contribution < 1.29 is 9.15 Å². The van der Waals surface area contributed by atoms with Gasteiger partial charge in [0.25, 0.3) is 0 Å². The van der Waals surface area contributed by atoms with E-state index < -0.39 is 5.41 Å². The van der Waals surface area contributed by atoms with Gasteiger partial charge in [0.1, 0.15) is 22.7 Å². The first kappa shape index (κ1) is 36.5. The van der Waals surface area contributed by atoms with Crippen LogP contribution in [-0.4, -0.2) is 4.57 Å². The Morgan fingerprint density at radius 2 is 0.985 bits per heavy atom. The van der Waals surface area contributed by atoms with Crippen LogP contribution < -0.4 is 9.64 Å². The summed E-state index contributed by atoms with van der Waals surface area (Å²) in [7, 11) is 0. The lowest BCUT2D eigenvalue weighted by molar-refractivity contribution is 0.435. The summed E-state index contributed by atoms with van der Waals surface area (Å²) in [5.74, 6) is 1.77. The fourth-order valence-corrected chi connectivity index (χ4v) is 12.0. The fourth-order valence-electron chi connectivity index (χ4n) is 12.0. The van der Waals surface area contributed by atoms with Crippen molar-refractivity contribution in [3.63, 3.8) is 0 Å². The number of fused-ring (bicyclic) bond motifs is 15. The Kier molecular flexibility index (Phi) is 7.40. The summed E-state index contributed by atoms with van der Waals surface area (Å²) < 4.78 is 15.6. The molecule has 0 atom stereocenters. The molecule has 0 radical (unpaired) electrons. The number of para-hydroxylation sites is 4. The lowest BCUT2D eigenvalue weighted by atomic mass is 9.58. The SMILES string of the molecule is c1ccc2c(c1)Oc1ccccc1C21c2ccccc2-c2ccc(N(c3ccc4c(c3)c3ccccc3n4-c3cccc4oc5ccccc5c34)c3cccc4ccccc34)c3cccc1c23. The van der Waals surface area contributed by atoms with Crippen molar-refractivity contribution in [1.29, 1.82) is 0 Å². The van der Waals surface area contributed by atoms with Gasteiger partial charge in [-0.15, -0.1) is 0 Å². The Morgan fingerprint density at radius 1 is 0.373 bits per heavy atom. The Morgan fingerprint density at radius 3 is 1.85 bits per heavy atom. The average Bonchev–Trinajstić information content (AvgIpc) is 3.94. The minimum absolute atomic E-state index is 0.624. The van der Waals surface area contributed by atoms with Crippen LogP contribution in [0.25, 0.3) is 82.1 Å². The first-order valence-corrected chi connectivity index (χ1v) is 23.0. The number of hydrogen-bond acceptors (Lipinski definition) is 3. The molecule has 4 nitrogen and oxygen atoms in total. The Balaban J connectivity index is 1.03. The van der Waals surface area contributed by atoms with Crippen LogP contribution in [0.4, 0.5) is 17.1 Å². The molecule has 0 amide bonds. The Bertz CT molecular complexity index is 4180. The topological polar surface area (TPSA) is 30.5 Å². The van der Waals surface area contributed by atoms with Gasteiger partial charge in [-0.3, -0.25) is 0 Å². The zero-order valence-corrected chi connectivity index (χ0v) is 36.2. The van der Waals surface area contributed by atoms with Crippen LogP contribution in [0, 0.1) is 0 Å². The predicted molar refractivity (Wildman–Crippen MR) is 275 cm³/mol. The average molecular weight is 855 g/mol. The van der Waals surface area contributed by atoms with Gasteiger partial charge in [-0.1, -0.05) is 164 Å². The maximum absolute atomic E-state index is 6.74. The van der Waals surface area contributed by atoms with E-state index in [1.165, 1.54) is 54.6 Å². The number of benzene rings is 11. The molecule has 0 saturated heterocycles. The van der Waals surface area contributed by atoms with Gasteiger partial charge in [0.2, 0.25) is 0 Å². The lowest BCUT2D eigenvalue weighted by Gasteiger charge is -2.45. The summed E-state index contributed by atoms with van der Waals surface area (Å²) in [6.45, 7) is 0. The van der Waals surface area contributed by atoms with Crippen LogP contribution in [0.2, 0.25) is 0 Å². The highest BCUT2D eigenvalue weighted by molar-refractivity contribution is 6.17. The van der Waals surface area contributed by atoms with Crippen molar-refractivity contribution in [3.05, 3.63) is 253 Å². The molecule has 0 saturated carbocycles. The van der Waals surface area contributed by atoms with Gasteiger partial charge in [-0.05, 0) is 99.8 Å². The van der Waals surface area contributed by atoms with Crippen LogP contribution in [0.5, 0.6) is 11.5 Å². The number of hydrogen-bond donors (Lipinski definition) is 0. The fraction of sp³-hybridized carbons (Fsp3) is 0.0159. The van der Waals surface area contributed by atoms with E-state index in [2.05, 4.69) is 234 Å². The maximum Gasteiger partial charge on any atom is 0.137 e. The monoisotopic (exact) mass is 854 g/mol. The third-order valence-electron chi connectivity index (χ3n) is 14.6. The highest BCUT2D eigenvalue weighted by Gasteiger charge is 2.49. The zero-order valence-electron chi connectivity index (χ0n) is 36.2. The van der Waals surface area contributed by atoms with E-state index in [9.17, 15) is 0 Å². The summed E-state index contributed by atoms with van der Waals surface area (Å²) in [5.41, 5.74) is 15.1. The van der Waals surface area contributed by atoms with E-state index in [4.69, 9.17) is 9.15 Å². The standard InChI is InChI=1S/C63H38N2O2/c1-2-18-41-39(16-1)17-13-28-52(41)64(40-34-36-55-47(38-40)43-20-4-9-27-53(43)65(55)56-29-15-33-60-62(56)46-21-5-10-30-57(46)66-60)54-37-35-44-42-19-3-6-23-48(42)63(51-26-14-22-45(54)61(44)51)49-24-7-11-31-58(49)67-59-32-12-8-25-50(59)63/h1-38H. The molecule has 1 spiro atoms. The highest BCUT2D eigenvalue weighted by Crippen LogP contribution is 2.62. The summed E-state index contributed by atoms with van der Waals surface area (Å²) in [6.07, 6.45) is 0. The molecule has 2 aliphatic rings. The van der Waals surface area contributed by atoms with E-state index in [-0.39, 0.29) is 0 Å². The zero-order chi connectivity index (χ0) is 43.8. The van der Waals surface area contributed by atoms with Gasteiger partial charge >= 0.3 is 0 Å². The Hall–Kier alpha value is -8.86. The van der Waals surface area contributed by atoms with Crippen molar-refractivity contribution in [2.45, 2.75) is 5.41 Å². The van der Waals surface area contributed by atoms with Crippen LogP contribution in [0.15, 0.2) is 235 Å². The number of furan rings is 1. The molecule has 1 aliphatic carbocycles. The van der Waals surface area contributed by atoms with Crippen LogP contribution in [0.3, 0.4) is 0 Å². The molecule has 15 rings (SSSR count). The van der Waals surface area contributed by atoms with Gasteiger partial charge in [0.15, 0.2) is 0 Å². The Labute approximate surface area is 385 Å². The lowest BCUT2D eigenvalue weighted by Crippen LogP contribution is -2.36. The van der Waals surface area contributed by atoms with E-state index >= 15 is 0 Å². The summed E-state index contributed by atoms with van der Waals surface area (Å²) >= 11 is 0. The molecule has 11 aromatic carbocycles. The van der Waals surface area contributed by atoms with Crippen LogP contribution >= 0.6 is 0 Å². The molecular weight excluding hydrogens is 817 g/mol. The van der Waals surface area contributed by atoms with Crippen molar-refractivity contribution >= 4 is 82.4 Å². The molecule has 4 heteroatoms. The normalized spacial score (nSPS) is 13.3.